The number of amides is 1. The Labute approximate surface area is 176 Å². The second-order valence-corrected chi connectivity index (χ2v) is 9.65. The third kappa shape index (κ3) is 4.39. The number of benzene rings is 2. The summed E-state index contributed by atoms with van der Waals surface area (Å²) in [5.74, 6) is -0.0364. The van der Waals surface area contributed by atoms with E-state index in [1.165, 1.54) is 9.87 Å². The number of nitrogens with zero attached hydrogens (tertiary/aromatic N) is 3. The number of aryl methyl sites for hydroxylation is 2. The van der Waals surface area contributed by atoms with Gasteiger partial charge in [-0.2, -0.15) is 4.31 Å². The molecule has 1 N–H and O–H groups in total. The fraction of sp³-hybridized carbons (Fsp3) is 0.364. The van der Waals surface area contributed by atoms with Crippen LogP contribution in [0.3, 0.4) is 0 Å². The van der Waals surface area contributed by atoms with Gasteiger partial charge in [0.15, 0.2) is 0 Å². The van der Waals surface area contributed by atoms with E-state index >= 15 is 0 Å². The van der Waals surface area contributed by atoms with Gasteiger partial charge in [-0.1, -0.05) is 29.8 Å². The molecule has 1 aliphatic heterocycles. The van der Waals surface area contributed by atoms with Crippen molar-refractivity contribution in [3.8, 4) is 0 Å². The van der Waals surface area contributed by atoms with Crippen molar-refractivity contribution in [2.75, 3.05) is 13.1 Å². The van der Waals surface area contributed by atoms with E-state index in [0.29, 0.717) is 38.1 Å². The van der Waals surface area contributed by atoms with Gasteiger partial charge < -0.3 is 9.88 Å². The van der Waals surface area contributed by atoms with Crippen LogP contribution in [0.1, 0.15) is 30.4 Å². The minimum Gasteiger partial charge on any atom is -0.352 e. The highest BCUT2D eigenvalue weighted by Crippen LogP contribution is 2.24. The first-order valence-electron chi connectivity index (χ1n) is 10.2. The number of fused-ring (bicyclic) bond motifs is 1. The molecule has 1 saturated heterocycles. The van der Waals surface area contributed by atoms with E-state index in [9.17, 15) is 13.2 Å². The fourth-order valence-electron chi connectivity index (χ4n) is 3.68. The van der Waals surface area contributed by atoms with Crippen molar-refractivity contribution in [2.45, 2.75) is 44.2 Å². The molecule has 0 bridgehead atoms. The number of imidazole rings is 1. The minimum atomic E-state index is -3.46. The molecule has 0 radical (unpaired) electrons. The van der Waals surface area contributed by atoms with Gasteiger partial charge >= 0.3 is 0 Å². The smallest absolute Gasteiger partial charge is 0.243 e. The molecule has 8 heteroatoms. The van der Waals surface area contributed by atoms with Gasteiger partial charge in [0.05, 0.1) is 22.3 Å². The standard InChI is InChI=1S/C22H26N4O3S/c1-17-4-6-18(7-5-17)15-23-22(27)10-13-25-16-24-20-14-19(8-9-21(20)25)30(28,29)26-11-2-3-12-26/h4-9,14,16H,2-3,10-13,15H2,1H3,(H,23,27). The van der Waals surface area contributed by atoms with Gasteiger partial charge in [0.1, 0.15) is 0 Å². The van der Waals surface area contributed by atoms with Crippen molar-refractivity contribution in [1.82, 2.24) is 19.2 Å². The zero-order chi connectivity index (χ0) is 21.1. The van der Waals surface area contributed by atoms with Crippen LogP contribution in [0.2, 0.25) is 0 Å². The molecule has 0 atom stereocenters. The maximum absolute atomic E-state index is 12.7. The summed E-state index contributed by atoms with van der Waals surface area (Å²) in [6.45, 7) is 4.16. The summed E-state index contributed by atoms with van der Waals surface area (Å²) < 4.78 is 28.9. The SMILES string of the molecule is Cc1ccc(CNC(=O)CCn2cnc3cc(S(=O)(=O)N4CCCC4)ccc32)cc1. The van der Waals surface area contributed by atoms with Crippen LogP contribution in [0.5, 0.6) is 0 Å². The number of carbonyl (C=O) groups is 1. The lowest BCUT2D eigenvalue weighted by molar-refractivity contribution is -0.121. The number of carbonyl (C=O) groups excluding carboxylic acids is 1. The summed E-state index contributed by atoms with van der Waals surface area (Å²) in [6.07, 6.45) is 3.79. The molecule has 158 valence electrons. The highest BCUT2D eigenvalue weighted by molar-refractivity contribution is 7.89. The third-order valence-electron chi connectivity index (χ3n) is 5.49. The molecule has 1 aliphatic rings. The fourth-order valence-corrected chi connectivity index (χ4v) is 5.21. The second kappa shape index (κ2) is 8.57. The van der Waals surface area contributed by atoms with E-state index < -0.39 is 10.0 Å². The Balaban J connectivity index is 1.39. The monoisotopic (exact) mass is 426 g/mol. The molecule has 0 aliphatic carbocycles. The Bertz CT molecular complexity index is 1150. The molecule has 1 amide bonds. The van der Waals surface area contributed by atoms with Crippen LogP contribution in [-0.2, 0) is 27.9 Å². The summed E-state index contributed by atoms with van der Waals surface area (Å²) >= 11 is 0. The Morgan fingerprint density at radius 2 is 1.83 bits per heavy atom. The average molecular weight is 427 g/mol. The molecule has 0 spiro atoms. The average Bonchev–Trinajstić information content (AvgIpc) is 3.42. The van der Waals surface area contributed by atoms with E-state index in [1.807, 2.05) is 35.8 Å². The molecule has 4 rings (SSSR count). The van der Waals surface area contributed by atoms with Gasteiger partial charge in [0, 0.05) is 32.6 Å². The number of nitrogens with one attached hydrogen (secondary N) is 1. The molecule has 7 nitrogen and oxygen atoms in total. The summed E-state index contributed by atoms with van der Waals surface area (Å²) in [7, 11) is -3.46. The van der Waals surface area contributed by atoms with Crippen molar-refractivity contribution in [1.29, 1.82) is 0 Å². The predicted molar refractivity (Wildman–Crippen MR) is 115 cm³/mol. The molecule has 3 aromatic rings. The molecule has 1 fully saturated rings. The van der Waals surface area contributed by atoms with Gasteiger partial charge in [0.2, 0.25) is 15.9 Å². The van der Waals surface area contributed by atoms with Crippen LogP contribution in [0.4, 0.5) is 0 Å². The summed E-state index contributed by atoms with van der Waals surface area (Å²) in [6, 6.07) is 13.1. The first kappa shape index (κ1) is 20.6. The van der Waals surface area contributed by atoms with E-state index in [4.69, 9.17) is 0 Å². The first-order valence-corrected chi connectivity index (χ1v) is 11.6. The molecule has 30 heavy (non-hydrogen) atoms. The van der Waals surface area contributed by atoms with Gasteiger partial charge in [-0.05, 0) is 43.5 Å². The van der Waals surface area contributed by atoms with Gasteiger partial charge in [-0.15, -0.1) is 0 Å². The van der Waals surface area contributed by atoms with E-state index in [-0.39, 0.29) is 10.8 Å². The summed E-state index contributed by atoms with van der Waals surface area (Å²) in [5.41, 5.74) is 3.69. The Morgan fingerprint density at radius 3 is 2.57 bits per heavy atom. The van der Waals surface area contributed by atoms with Gasteiger partial charge in [0.25, 0.3) is 0 Å². The number of hydrogen-bond donors (Lipinski definition) is 1. The number of sulfonamides is 1. The van der Waals surface area contributed by atoms with Crippen LogP contribution in [0, 0.1) is 6.92 Å². The van der Waals surface area contributed by atoms with Crippen LogP contribution >= 0.6 is 0 Å². The largest absolute Gasteiger partial charge is 0.352 e. The van der Waals surface area contributed by atoms with Crippen LogP contribution in [0.15, 0.2) is 53.7 Å². The maximum atomic E-state index is 12.7. The van der Waals surface area contributed by atoms with E-state index in [1.54, 1.807) is 24.5 Å². The van der Waals surface area contributed by atoms with Crippen LogP contribution in [-0.4, -0.2) is 41.3 Å². The predicted octanol–water partition coefficient (Wildman–Crippen LogP) is 2.84. The van der Waals surface area contributed by atoms with Crippen molar-refractivity contribution < 1.29 is 13.2 Å². The van der Waals surface area contributed by atoms with Gasteiger partial charge in [-0.3, -0.25) is 4.79 Å². The van der Waals surface area contributed by atoms with Crippen molar-refractivity contribution in [3.05, 3.63) is 59.9 Å². The molecular formula is C22H26N4O3S. The van der Waals surface area contributed by atoms with Crippen molar-refractivity contribution in [3.63, 3.8) is 0 Å². The lowest BCUT2D eigenvalue weighted by Crippen LogP contribution is -2.27. The summed E-state index contributed by atoms with van der Waals surface area (Å²) in [4.78, 5) is 16.8. The molecule has 1 aromatic heterocycles. The molecule has 0 unspecified atom stereocenters. The zero-order valence-corrected chi connectivity index (χ0v) is 17.9. The van der Waals surface area contributed by atoms with E-state index in [0.717, 1.165) is 23.9 Å². The van der Waals surface area contributed by atoms with Crippen molar-refractivity contribution >= 4 is 27.0 Å². The number of rotatable bonds is 7. The third-order valence-corrected chi connectivity index (χ3v) is 7.38. The topological polar surface area (TPSA) is 84.3 Å². The van der Waals surface area contributed by atoms with Crippen LogP contribution < -0.4 is 5.32 Å². The highest BCUT2D eigenvalue weighted by Gasteiger charge is 2.27. The second-order valence-electron chi connectivity index (χ2n) is 7.71. The maximum Gasteiger partial charge on any atom is 0.243 e. The van der Waals surface area contributed by atoms with Crippen molar-refractivity contribution in [2.24, 2.45) is 0 Å². The van der Waals surface area contributed by atoms with Gasteiger partial charge in [-0.25, -0.2) is 13.4 Å². The normalized spacial score (nSPS) is 15.0. The Hall–Kier alpha value is -2.71. The molecule has 2 heterocycles. The Kier molecular flexibility index (Phi) is 5.87. The quantitative estimate of drug-likeness (QED) is 0.630. The highest BCUT2D eigenvalue weighted by atomic mass is 32.2. The zero-order valence-electron chi connectivity index (χ0n) is 17.0. The lowest BCUT2D eigenvalue weighted by atomic mass is 10.1. The molecule has 2 aromatic carbocycles. The number of hydrogen-bond acceptors (Lipinski definition) is 4. The molecule has 0 saturated carbocycles. The first-order chi connectivity index (χ1) is 14.4. The summed E-state index contributed by atoms with van der Waals surface area (Å²) in [5, 5.41) is 2.93. The molecular weight excluding hydrogens is 400 g/mol. The number of aromatic nitrogens is 2. The van der Waals surface area contributed by atoms with E-state index in [2.05, 4.69) is 10.3 Å². The Morgan fingerprint density at radius 1 is 1.10 bits per heavy atom. The lowest BCUT2D eigenvalue weighted by Gasteiger charge is -2.15. The minimum absolute atomic E-state index is 0.0364. The van der Waals surface area contributed by atoms with Crippen LogP contribution in [0.25, 0.3) is 11.0 Å².